The highest BCUT2D eigenvalue weighted by Gasteiger charge is 2.32. The second-order valence-corrected chi connectivity index (χ2v) is 4.77. The molecule has 1 fully saturated rings. The molecule has 0 spiro atoms. The first kappa shape index (κ1) is 12.1. The Hall–Kier alpha value is -1.35. The topological polar surface area (TPSA) is 46.3 Å². The lowest BCUT2D eigenvalue weighted by Crippen LogP contribution is -2.39. The SMILES string of the molecule is CC1C(Cc2ccccc2)CCN1C(=O)CN. The monoisotopic (exact) mass is 232 g/mol. The quantitative estimate of drug-likeness (QED) is 0.857. The normalized spacial score (nSPS) is 24.0. The molecular formula is C14H20N2O. The fraction of sp³-hybridized carbons (Fsp3) is 0.500. The summed E-state index contributed by atoms with van der Waals surface area (Å²) in [4.78, 5) is 13.5. The van der Waals surface area contributed by atoms with Gasteiger partial charge in [0.25, 0.3) is 0 Å². The molecule has 92 valence electrons. The first-order chi connectivity index (χ1) is 8.22. The van der Waals surface area contributed by atoms with Crippen LogP contribution in [0.2, 0.25) is 0 Å². The summed E-state index contributed by atoms with van der Waals surface area (Å²) in [5.41, 5.74) is 6.77. The average Bonchev–Trinajstić information content (AvgIpc) is 2.72. The van der Waals surface area contributed by atoms with Crippen LogP contribution in [0.1, 0.15) is 18.9 Å². The number of hydrogen-bond donors (Lipinski definition) is 1. The number of nitrogens with two attached hydrogens (primary N) is 1. The standard InChI is InChI=1S/C14H20N2O/c1-11-13(7-8-16(11)14(17)10-15)9-12-5-3-2-4-6-12/h2-6,11,13H,7-10,15H2,1H3. The highest BCUT2D eigenvalue weighted by atomic mass is 16.2. The molecule has 0 aromatic heterocycles. The van der Waals surface area contributed by atoms with Gasteiger partial charge in [-0.15, -0.1) is 0 Å². The van der Waals surface area contributed by atoms with Crippen LogP contribution in [-0.4, -0.2) is 29.9 Å². The number of carbonyl (C=O) groups excluding carboxylic acids is 1. The van der Waals surface area contributed by atoms with Gasteiger partial charge in [-0.3, -0.25) is 4.79 Å². The molecule has 3 heteroatoms. The van der Waals surface area contributed by atoms with Crippen LogP contribution in [0.4, 0.5) is 0 Å². The Bertz CT molecular complexity index is 377. The van der Waals surface area contributed by atoms with Crippen molar-refractivity contribution in [2.24, 2.45) is 11.7 Å². The summed E-state index contributed by atoms with van der Waals surface area (Å²) < 4.78 is 0. The van der Waals surface area contributed by atoms with Gasteiger partial charge in [0.1, 0.15) is 0 Å². The third-order valence-corrected chi connectivity index (χ3v) is 3.75. The molecule has 0 aliphatic carbocycles. The van der Waals surface area contributed by atoms with Crippen molar-refractivity contribution in [2.75, 3.05) is 13.1 Å². The number of likely N-dealkylation sites (tertiary alicyclic amines) is 1. The van der Waals surface area contributed by atoms with E-state index in [9.17, 15) is 4.79 Å². The van der Waals surface area contributed by atoms with E-state index >= 15 is 0 Å². The summed E-state index contributed by atoms with van der Waals surface area (Å²) in [5, 5.41) is 0. The minimum atomic E-state index is 0.0769. The maximum atomic E-state index is 11.6. The van der Waals surface area contributed by atoms with Gasteiger partial charge in [-0.25, -0.2) is 0 Å². The third-order valence-electron chi connectivity index (χ3n) is 3.75. The van der Waals surface area contributed by atoms with Gasteiger partial charge in [0.05, 0.1) is 6.54 Å². The van der Waals surface area contributed by atoms with Crippen molar-refractivity contribution < 1.29 is 4.79 Å². The highest BCUT2D eigenvalue weighted by Crippen LogP contribution is 2.27. The molecule has 2 atom stereocenters. The van der Waals surface area contributed by atoms with Crippen molar-refractivity contribution in [3.8, 4) is 0 Å². The highest BCUT2D eigenvalue weighted by molar-refractivity contribution is 5.78. The van der Waals surface area contributed by atoms with Gasteiger partial charge in [-0.1, -0.05) is 30.3 Å². The van der Waals surface area contributed by atoms with Crippen LogP contribution >= 0.6 is 0 Å². The summed E-state index contributed by atoms with van der Waals surface area (Å²) in [5.74, 6) is 0.640. The molecule has 3 nitrogen and oxygen atoms in total. The zero-order valence-electron chi connectivity index (χ0n) is 10.3. The van der Waals surface area contributed by atoms with Crippen LogP contribution in [0.3, 0.4) is 0 Å². The minimum absolute atomic E-state index is 0.0769. The molecule has 1 aromatic rings. The van der Waals surface area contributed by atoms with Crippen molar-refractivity contribution in [2.45, 2.75) is 25.8 Å². The number of amides is 1. The molecule has 17 heavy (non-hydrogen) atoms. The summed E-state index contributed by atoms with van der Waals surface area (Å²) >= 11 is 0. The van der Waals surface area contributed by atoms with E-state index in [-0.39, 0.29) is 12.5 Å². The van der Waals surface area contributed by atoms with Crippen molar-refractivity contribution in [3.05, 3.63) is 35.9 Å². The summed E-state index contributed by atoms with van der Waals surface area (Å²) in [6.07, 6.45) is 2.14. The van der Waals surface area contributed by atoms with Crippen LogP contribution < -0.4 is 5.73 Å². The molecule has 1 heterocycles. The Morgan fingerprint density at radius 2 is 2.12 bits per heavy atom. The van der Waals surface area contributed by atoms with E-state index in [4.69, 9.17) is 5.73 Å². The molecular weight excluding hydrogens is 212 g/mol. The van der Waals surface area contributed by atoms with Gasteiger partial charge in [0.2, 0.25) is 5.91 Å². The van der Waals surface area contributed by atoms with Gasteiger partial charge in [-0.2, -0.15) is 0 Å². The number of hydrogen-bond acceptors (Lipinski definition) is 2. The lowest BCUT2D eigenvalue weighted by molar-refractivity contribution is -0.130. The van der Waals surface area contributed by atoms with E-state index in [0.717, 1.165) is 19.4 Å². The second-order valence-electron chi connectivity index (χ2n) is 4.77. The molecule has 1 aliphatic rings. The van der Waals surface area contributed by atoms with Gasteiger partial charge in [-0.05, 0) is 31.2 Å². The first-order valence-corrected chi connectivity index (χ1v) is 6.26. The Balaban J connectivity index is 1.98. The smallest absolute Gasteiger partial charge is 0.236 e. The number of benzene rings is 1. The summed E-state index contributed by atoms with van der Waals surface area (Å²) in [7, 11) is 0. The lowest BCUT2D eigenvalue weighted by Gasteiger charge is -2.24. The van der Waals surface area contributed by atoms with E-state index in [1.807, 2.05) is 11.0 Å². The molecule has 1 aliphatic heterocycles. The largest absolute Gasteiger partial charge is 0.339 e. The van der Waals surface area contributed by atoms with Crippen molar-refractivity contribution in [3.63, 3.8) is 0 Å². The predicted molar refractivity (Wildman–Crippen MR) is 68.5 cm³/mol. The van der Waals surface area contributed by atoms with Crippen LogP contribution in [-0.2, 0) is 11.2 Å². The van der Waals surface area contributed by atoms with Crippen LogP contribution in [0, 0.1) is 5.92 Å². The van der Waals surface area contributed by atoms with E-state index < -0.39 is 0 Å². The minimum Gasteiger partial charge on any atom is -0.339 e. The van der Waals surface area contributed by atoms with E-state index in [0.29, 0.717) is 12.0 Å². The molecule has 2 unspecified atom stereocenters. The second kappa shape index (κ2) is 5.32. The Morgan fingerprint density at radius 3 is 2.76 bits per heavy atom. The summed E-state index contributed by atoms with van der Waals surface area (Å²) in [6, 6.07) is 10.8. The number of carbonyl (C=O) groups is 1. The lowest BCUT2D eigenvalue weighted by atomic mass is 9.93. The van der Waals surface area contributed by atoms with Gasteiger partial charge >= 0.3 is 0 Å². The van der Waals surface area contributed by atoms with Crippen molar-refractivity contribution in [1.82, 2.24) is 4.90 Å². The Morgan fingerprint density at radius 1 is 1.41 bits per heavy atom. The average molecular weight is 232 g/mol. The summed E-state index contributed by atoms with van der Waals surface area (Å²) in [6.45, 7) is 3.12. The van der Waals surface area contributed by atoms with E-state index in [1.165, 1.54) is 5.56 Å². The van der Waals surface area contributed by atoms with Crippen molar-refractivity contribution in [1.29, 1.82) is 0 Å². The molecule has 1 amide bonds. The molecule has 2 N–H and O–H groups in total. The van der Waals surface area contributed by atoms with Crippen LogP contribution in [0.5, 0.6) is 0 Å². The third kappa shape index (κ3) is 2.67. The maximum Gasteiger partial charge on any atom is 0.236 e. The molecule has 0 radical (unpaired) electrons. The Labute approximate surface area is 103 Å². The molecule has 1 saturated heterocycles. The predicted octanol–water partition coefficient (Wildman–Crippen LogP) is 1.42. The fourth-order valence-electron chi connectivity index (χ4n) is 2.66. The molecule has 1 aromatic carbocycles. The molecule has 0 bridgehead atoms. The number of rotatable bonds is 3. The zero-order chi connectivity index (χ0) is 12.3. The fourth-order valence-corrected chi connectivity index (χ4v) is 2.66. The van der Waals surface area contributed by atoms with Crippen molar-refractivity contribution >= 4 is 5.91 Å². The zero-order valence-corrected chi connectivity index (χ0v) is 10.3. The van der Waals surface area contributed by atoms with E-state index in [1.54, 1.807) is 0 Å². The maximum absolute atomic E-state index is 11.6. The van der Waals surface area contributed by atoms with Gasteiger partial charge in [0, 0.05) is 12.6 Å². The van der Waals surface area contributed by atoms with Gasteiger partial charge in [0.15, 0.2) is 0 Å². The first-order valence-electron chi connectivity index (χ1n) is 6.26. The van der Waals surface area contributed by atoms with Crippen LogP contribution in [0.15, 0.2) is 30.3 Å². The molecule has 0 saturated carbocycles. The van der Waals surface area contributed by atoms with Crippen LogP contribution in [0.25, 0.3) is 0 Å². The van der Waals surface area contributed by atoms with Gasteiger partial charge < -0.3 is 10.6 Å². The number of nitrogens with zero attached hydrogens (tertiary/aromatic N) is 1. The Kier molecular flexibility index (Phi) is 3.79. The van der Waals surface area contributed by atoms with E-state index in [2.05, 4.69) is 31.2 Å². The molecule has 2 rings (SSSR count).